The average Bonchev–Trinajstić information content (AvgIpc) is 2.81. The second-order valence-corrected chi connectivity index (χ2v) is 5.03. The molecule has 0 saturated carbocycles. The zero-order valence-electron chi connectivity index (χ0n) is 10.4. The van der Waals surface area contributed by atoms with Crippen molar-refractivity contribution in [3.05, 3.63) is 29.6 Å². The van der Waals surface area contributed by atoms with Gasteiger partial charge in [0.1, 0.15) is 11.9 Å². The third-order valence-electron chi connectivity index (χ3n) is 3.99. The number of benzene rings is 1. The van der Waals surface area contributed by atoms with E-state index in [4.69, 9.17) is 5.26 Å². The Morgan fingerprint density at radius 3 is 3.11 bits per heavy atom. The Morgan fingerprint density at radius 1 is 1.47 bits per heavy atom. The van der Waals surface area contributed by atoms with E-state index in [2.05, 4.69) is 10.2 Å². The number of nitriles is 1. The number of rotatable bonds is 1. The molecule has 98 valence electrons. The Labute approximate surface area is 110 Å². The van der Waals surface area contributed by atoms with Crippen molar-refractivity contribution in [3.8, 4) is 6.07 Å². The fourth-order valence-corrected chi connectivity index (χ4v) is 3.10. The lowest BCUT2D eigenvalue weighted by Gasteiger charge is -2.38. The number of fused-ring (bicyclic) bond motifs is 1. The van der Waals surface area contributed by atoms with Crippen molar-refractivity contribution in [3.63, 3.8) is 0 Å². The molecule has 0 aliphatic carbocycles. The summed E-state index contributed by atoms with van der Waals surface area (Å²) in [5, 5.41) is 12.0. The van der Waals surface area contributed by atoms with Crippen LogP contribution in [-0.4, -0.2) is 25.0 Å². The molecule has 0 bridgehead atoms. The van der Waals surface area contributed by atoms with Crippen molar-refractivity contribution in [2.24, 2.45) is 5.92 Å². The van der Waals surface area contributed by atoms with Crippen LogP contribution < -0.4 is 10.2 Å². The largest absolute Gasteiger partial charge is 0.365 e. The minimum absolute atomic E-state index is 0.00894. The van der Waals surface area contributed by atoms with Crippen LogP contribution in [0.1, 0.15) is 18.4 Å². The number of piperidine rings is 1. The summed E-state index contributed by atoms with van der Waals surface area (Å²) >= 11 is 0. The first kappa shape index (κ1) is 12.0. The van der Waals surface area contributed by atoms with E-state index in [1.54, 1.807) is 6.07 Å². The average molecular weight is 259 g/mol. The van der Waals surface area contributed by atoms with Gasteiger partial charge < -0.3 is 10.2 Å². The first-order chi connectivity index (χ1) is 9.20. The summed E-state index contributed by atoms with van der Waals surface area (Å²) in [5.41, 5.74) is 1.06. The summed E-state index contributed by atoms with van der Waals surface area (Å²) in [6, 6.07) is 6.38. The van der Waals surface area contributed by atoms with Crippen molar-refractivity contribution in [1.82, 2.24) is 5.32 Å². The van der Waals surface area contributed by atoms with Crippen LogP contribution in [0.15, 0.2) is 18.2 Å². The standard InChI is InChI=1S/C14H14FN3O/c15-10-3-4-12(9(6-10)7-16)18-5-1-2-11-13(18)8-17-14(11)19/h3-4,6,11,13H,1-2,5,8H2,(H,17,19). The van der Waals surface area contributed by atoms with Gasteiger partial charge in [-0.1, -0.05) is 0 Å². The van der Waals surface area contributed by atoms with Crippen molar-refractivity contribution < 1.29 is 9.18 Å². The highest BCUT2D eigenvalue weighted by atomic mass is 19.1. The van der Waals surface area contributed by atoms with E-state index < -0.39 is 5.82 Å². The number of nitrogens with zero attached hydrogens (tertiary/aromatic N) is 2. The normalized spacial score (nSPS) is 25.7. The lowest BCUT2D eigenvalue weighted by molar-refractivity contribution is -0.122. The van der Waals surface area contributed by atoms with Gasteiger partial charge in [-0.25, -0.2) is 4.39 Å². The minimum atomic E-state index is -0.408. The molecule has 4 nitrogen and oxygen atoms in total. The maximum Gasteiger partial charge on any atom is 0.225 e. The molecule has 1 aromatic carbocycles. The third kappa shape index (κ3) is 1.93. The second-order valence-electron chi connectivity index (χ2n) is 5.03. The Morgan fingerprint density at radius 2 is 2.32 bits per heavy atom. The van der Waals surface area contributed by atoms with Crippen LogP contribution in [0, 0.1) is 23.1 Å². The highest BCUT2D eigenvalue weighted by Gasteiger charge is 2.41. The van der Waals surface area contributed by atoms with Gasteiger partial charge in [0.05, 0.1) is 23.2 Å². The molecule has 2 unspecified atom stereocenters. The fraction of sp³-hybridized carbons (Fsp3) is 0.429. The van der Waals surface area contributed by atoms with E-state index in [-0.39, 0.29) is 17.9 Å². The Hall–Kier alpha value is -2.09. The molecule has 0 aromatic heterocycles. The van der Waals surface area contributed by atoms with E-state index in [1.165, 1.54) is 12.1 Å². The van der Waals surface area contributed by atoms with E-state index in [9.17, 15) is 9.18 Å². The summed E-state index contributed by atoms with van der Waals surface area (Å²) in [7, 11) is 0. The van der Waals surface area contributed by atoms with Gasteiger partial charge in [0, 0.05) is 13.1 Å². The molecule has 0 radical (unpaired) electrons. The van der Waals surface area contributed by atoms with E-state index in [0.29, 0.717) is 12.1 Å². The molecular formula is C14H14FN3O. The lowest BCUT2D eigenvalue weighted by Crippen LogP contribution is -2.46. The number of halogens is 1. The molecule has 1 amide bonds. The van der Waals surface area contributed by atoms with Crippen LogP contribution in [0.5, 0.6) is 0 Å². The summed E-state index contributed by atoms with van der Waals surface area (Å²) in [4.78, 5) is 13.8. The van der Waals surface area contributed by atoms with E-state index in [1.807, 2.05) is 6.07 Å². The van der Waals surface area contributed by atoms with Gasteiger partial charge in [-0.3, -0.25) is 4.79 Å². The number of carbonyl (C=O) groups is 1. The summed E-state index contributed by atoms with van der Waals surface area (Å²) in [6.45, 7) is 1.40. The first-order valence-corrected chi connectivity index (χ1v) is 6.44. The van der Waals surface area contributed by atoms with Gasteiger partial charge in [0.15, 0.2) is 0 Å². The number of hydrogen-bond acceptors (Lipinski definition) is 3. The predicted molar refractivity (Wildman–Crippen MR) is 68.0 cm³/mol. The van der Waals surface area contributed by atoms with Crippen molar-refractivity contribution in [2.75, 3.05) is 18.0 Å². The molecule has 2 aliphatic rings. The maximum atomic E-state index is 13.2. The van der Waals surface area contributed by atoms with E-state index >= 15 is 0 Å². The van der Waals surface area contributed by atoms with Crippen LogP contribution in [0.2, 0.25) is 0 Å². The minimum Gasteiger partial charge on any atom is -0.365 e. The molecule has 0 spiro atoms. The highest BCUT2D eigenvalue weighted by Crippen LogP contribution is 2.33. The van der Waals surface area contributed by atoms with Gasteiger partial charge >= 0.3 is 0 Å². The molecular weight excluding hydrogens is 245 g/mol. The molecule has 3 rings (SSSR count). The Balaban J connectivity index is 1.98. The fourth-order valence-electron chi connectivity index (χ4n) is 3.10. The molecule has 2 aliphatic heterocycles. The van der Waals surface area contributed by atoms with Crippen molar-refractivity contribution in [1.29, 1.82) is 5.26 Å². The highest BCUT2D eigenvalue weighted by molar-refractivity contribution is 5.83. The second kappa shape index (κ2) is 4.54. The molecule has 2 heterocycles. The van der Waals surface area contributed by atoms with Crippen LogP contribution in [0.3, 0.4) is 0 Å². The monoisotopic (exact) mass is 259 g/mol. The van der Waals surface area contributed by atoms with Gasteiger partial charge in [0.25, 0.3) is 0 Å². The first-order valence-electron chi connectivity index (χ1n) is 6.44. The zero-order chi connectivity index (χ0) is 13.4. The van der Waals surface area contributed by atoms with Gasteiger partial charge in [-0.05, 0) is 31.0 Å². The molecule has 19 heavy (non-hydrogen) atoms. The van der Waals surface area contributed by atoms with Crippen LogP contribution in [-0.2, 0) is 4.79 Å². The molecule has 2 fully saturated rings. The van der Waals surface area contributed by atoms with Gasteiger partial charge in [-0.15, -0.1) is 0 Å². The molecule has 5 heteroatoms. The summed E-state index contributed by atoms with van der Waals surface area (Å²) < 4.78 is 13.2. The number of nitrogens with one attached hydrogen (secondary N) is 1. The number of hydrogen-bond donors (Lipinski definition) is 1. The van der Waals surface area contributed by atoms with Crippen LogP contribution in [0.25, 0.3) is 0 Å². The van der Waals surface area contributed by atoms with Gasteiger partial charge in [0.2, 0.25) is 5.91 Å². The quantitative estimate of drug-likeness (QED) is 0.829. The lowest BCUT2D eigenvalue weighted by atomic mass is 9.90. The summed E-state index contributed by atoms with van der Waals surface area (Å²) in [6.07, 6.45) is 1.80. The Bertz CT molecular complexity index is 566. The number of anilines is 1. The number of amides is 1. The molecule has 1 aromatic rings. The molecule has 2 atom stereocenters. The summed E-state index contributed by atoms with van der Waals surface area (Å²) in [5.74, 6) is -0.324. The van der Waals surface area contributed by atoms with Crippen LogP contribution in [0.4, 0.5) is 10.1 Å². The Kier molecular flexibility index (Phi) is 2.86. The smallest absolute Gasteiger partial charge is 0.225 e. The predicted octanol–water partition coefficient (Wildman–Crippen LogP) is 1.41. The van der Waals surface area contributed by atoms with Gasteiger partial charge in [-0.2, -0.15) is 5.26 Å². The van der Waals surface area contributed by atoms with Crippen molar-refractivity contribution >= 4 is 11.6 Å². The number of carbonyl (C=O) groups excluding carboxylic acids is 1. The zero-order valence-corrected chi connectivity index (χ0v) is 10.4. The molecule has 1 N–H and O–H groups in total. The third-order valence-corrected chi connectivity index (χ3v) is 3.99. The maximum absolute atomic E-state index is 13.2. The van der Waals surface area contributed by atoms with Crippen molar-refractivity contribution in [2.45, 2.75) is 18.9 Å². The topological polar surface area (TPSA) is 56.1 Å². The SMILES string of the molecule is N#Cc1cc(F)ccc1N1CCCC2C(=O)NCC21. The van der Waals surface area contributed by atoms with E-state index in [0.717, 1.165) is 25.1 Å². The molecule has 2 saturated heterocycles. The van der Waals surface area contributed by atoms with Crippen LogP contribution >= 0.6 is 0 Å².